The molecule has 0 saturated carbocycles. The van der Waals surface area contributed by atoms with Crippen LogP contribution in [-0.2, 0) is 17.8 Å². The van der Waals surface area contributed by atoms with E-state index >= 15 is 0 Å². The van der Waals surface area contributed by atoms with Crippen molar-refractivity contribution in [3.63, 3.8) is 0 Å². The molecule has 0 aliphatic rings. The molecule has 0 fully saturated rings. The Morgan fingerprint density at radius 3 is 2.71 bits per heavy atom. The summed E-state index contributed by atoms with van der Waals surface area (Å²) in [6, 6.07) is 10.4. The quantitative estimate of drug-likeness (QED) is 0.214. The van der Waals surface area contributed by atoms with Crippen LogP contribution in [0.4, 0.5) is 0 Å². The van der Waals surface area contributed by atoms with Gasteiger partial charge in [-0.1, -0.05) is 38.1 Å². The van der Waals surface area contributed by atoms with Crippen LogP contribution >= 0.6 is 24.0 Å². The van der Waals surface area contributed by atoms with Crippen LogP contribution in [0.3, 0.4) is 0 Å². The van der Waals surface area contributed by atoms with Gasteiger partial charge in [0.15, 0.2) is 5.96 Å². The minimum Gasteiger partial charge on any atom is -0.380 e. The van der Waals surface area contributed by atoms with E-state index in [1.807, 2.05) is 16.9 Å². The Labute approximate surface area is 186 Å². The summed E-state index contributed by atoms with van der Waals surface area (Å²) in [7, 11) is 0. The second kappa shape index (κ2) is 14.4. The third-order valence-corrected chi connectivity index (χ3v) is 4.04. The van der Waals surface area contributed by atoms with Gasteiger partial charge in [-0.05, 0) is 36.5 Å². The maximum Gasteiger partial charge on any atom is 0.191 e. The van der Waals surface area contributed by atoms with Crippen LogP contribution in [0.15, 0.2) is 47.7 Å². The van der Waals surface area contributed by atoms with Gasteiger partial charge < -0.3 is 15.4 Å². The summed E-state index contributed by atoms with van der Waals surface area (Å²) in [6.07, 6.45) is 4.87. The smallest absolute Gasteiger partial charge is 0.191 e. The molecule has 156 valence electrons. The molecule has 1 heterocycles. The van der Waals surface area contributed by atoms with E-state index in [1.165, 1.54) is 11.1 Å². The first-order valence-corrected chi connectivity index (χ1v) is 9.82. The highest BCUT2D eigenvalue weighted by Crippen LogP contribution is 2.08. The van der Waals surface area contributed by atoms with Crippen LogP contribution in [0.25, 0.3) is 0 Å². The maximum atomic E-state index is 5.65. The predicted molar refractivity (Wildman–Crippen MR) is 126 cm³/mol. The highest BCUT2D eigenvalue weighted by molar-refractivity contribution is 14.0. The second-order valence-corrected chi connectivity index (χ2v) is 6.94. The van der Waals surface area contributed by atoms with Gasteiger partial charge in [-0.3, -0.25) is 4.68 Å². The second-order valence-electron chi connectivity index (χ2n) is 6.94. The number of nitrogens with zero attached hydrogens (tertiary/aromatic N) is 3. The zero-order valence-electron chi connectivity index (χ0n) is 17.2. The molecule has 0 radical (unpaired) electrons. The van der Waals surface area contributed by atoms with Crippen LogP contribution in [0, 0.1) is 5.92 Å². The van der Waals surface area contributed by atoms with Crippen molar-refractivity contribution in [3.8, 4) is 0 Å². The Kier molecular flexibility index (Phi) is 12.6. The van der Waals surface area contributed by atoms with Crippen molar-refractivity contribution in [2.45, 2.75) is 40.3 Å². The minimum absolute atomic E-state index is 0. The first-order chi connectivity index (χ1) is 13.2. The van der Waals surface area contributed by atoms with Crippen LogP contribution in [0.5, 0.6) is 0 Å². The lowest BCUT2D eigenvalue weighted by Gasteiger charge is -2.12. The molecule has 0 atom stereocenters. The molecule has 1 aromatic heterocycles. The van der Waals surface area contributed by atoms with E-state index in [9.17, 15) is 0 Å². The van der Waals surface area contributed by atoms with Crippen molar-refractivity contribution in [2.75, 3.05) is 26.3 Å². The normalized spacial score (nSPS) is 11.4. The predicted octanol–water partition coefficient (Wildman–Crippen LogP) is 3.67. The van der Waals surface area contributed by atoms with Gasteiger partial charge in [0, 0.05) is 32.1 Å². The van der Waals surface area contributed by atoms with Crippen molar-refractivity contribution in [2.24, 2.45) is 10.9 Å². The Morgan fingerprint density at radius 2 is 2.00 bits per heavy atom. The number of halogens is 1. The highest BCUT2D eigenvalue weighted by atomic mass is 127. The number of nitrogens with one attached hydrogen (secondary N) is 2. The number of guanidine groups is 1. The summed E-state index contributed by atoms with van der Waals surface area (Å²) in [5.41, 5.74) is 2.41. The third kappa shape index (κ3) is 10.1. The third-order valence-electron chi connectivity index (χ3n) is 4.04. The molecule has 1 aromatic carbocycles. The fourth-order valence-corrected chi connectivity index (χ4v) is 2.58. The molecule has 2 rings (SSSR count). The van der Waals surface area contributed by atoms with Crippen molar-refractivity contribution < 1.29 is 4.74 Å². The molecule has 0 spiro atoms. The summed E-state index contributed by atoms with van der Waals surface area (Å²) < 4.78 is 7.57. The van der Waals surface area contributed by atoms with Crippen molar-refractivity contribution in [3.05, 3.63) is 53.9 Å². The summed E-state index contributed by atoms with van der Waals surface area (Å²) in [4.78, 5) is 4.68. The summed E-state index contributed by atoms with van der Waals surface area (Å²) >= 11 is 0. The van der Waals surface area contributed by atoms with Crippen LogP contribution in [0.2, 0.25) is 0 Å². The van der Waals surface area contributed by atoms with Gasteiger partial charge >= 0.3 is 0 Å². The molecule has 2 aromatic rings. The molecule has 28 heavy (non-hydrogen) atoms. The summed E-state index contributed by atoms with van der Waals surface area (Å²) in [5.74, 6) is 1.50. The van der Waals surface area contributed by atoms with Crippen LogP contribution < -0.4 is 10.6 Å². The zero-order valence-corrected chi connectivity index (χ0v) is 19.6. The lowest BCUT2D eigenvalue weighted by atomic mass is 10.1. The monoisotopic (exact) mass is 499 g/mol. The Bertz CT molecular complexity index is 673. The fourth-order valence-electron chi connectivity index (χ4n) is 2.58. The fraction of sp³-hybridized carbons (Fsp3) is 0.524. The van der Waals surface area contributed by atoms with Gasteiger partial charge in [0.05, 0.1) is 19.7 Å². The van der Waals surface area contributed by atoms with Gasteiger partial charge in [0.25, 0.3) is 0 Å². The highest BCUT2D eigenvalue weighted by Gasteiger charge is 2.00. The molecule has 7 heteroatoms. The average Bonchev–Trinajstić information content (AvgIpc) is 3.15. The van der Waals surface area contributed by atoms with Gasteiger partial charge in [0.2, 0.25) is 0 Å². The SMILES string of the molecule is CCNC(=NCc1cccc(Cn2cccn2)c1)NCCOCCC(C)C.I. The van der Waals surface area contributed by atoms with E-state index in [0.717, 1.165) is 38.6 Å². The van der Waals surface area contributed by atoms with E-state index in [4.69, 9.17) is 4.74 Å². The van der Waals surface area contributed by atoms with Crippen LogP contribution in [-0.4, -0.2) is 42.0 Å². The molecule has 0 unspecified atom stereocenters. The Morgan fingerprint density at radius 1 is 1.18 bits per heavy atom. The molecular formula is C21H34IN5O. The number of hydrogen-bond acceptors (Lipinski definition) is 3. The standard InChI is InChI=1S/C21H33N5O.HI/c1-4-22-21(23-11-14-27-13-9-18(2)3)24-16-19-7-5-8-20(15-19)17-26-12-6-10-25-26;/h5-8,10,12,15,18H,4,9,11,13-14,16-17H2,1-3H3,(H2,22,23,24);1H. The topological polar surface area (TPSA) is 63.5 Å². The molecule has 0 aliphatic heterocycles. The molecule has 0 aliphatic carbocycles. The molecular weight excluding hydrogens is 465 g/mol. The van der Waals surface area contributed by atoms with Crippen molar-refractivity contribution >= 4 is 29.9 Å². The average molecular weight is 499 g/mol. The van der Waals surface area contributed by atoms with Gasteiger partial charge in [-0.2, -0.15) is 5.10 Å². The first kappa shape index (κ1) is 24.4. The van der Waals surface area contributed by atoms with Crippen LogP contribution in [0.1, 0.15) is 38.3 Å². The molecule has 2 N–H and O–H groups in total. The number of benzene rings is 1. The first-order valence-electron chi connectivity index (χ1n) is 9.82. The van der Waals surface area contributed by atoms with E-state index < -0.39 is 0 Å². The van der Waals surface area contributed by atoms with E-state index in [0.29, 0.717) is 19.1 Å². The van der Waals surface area contributed by atoms with Gasteiger partial charge in [-0.25, -0.2) is 4.99 Å². The minimum atomic E-state index is 0. The Balaban J connectivity index is 0.00000392. The van der Waals surface area contributed by atoms with Crippen molar-refractivity contribution in [1.82, 2.24) is 20.4 Å². The molecule has 0 amide bonds. The number of rotatable bonds is 11. The lowest BCUT2D eigenvalue weighted by Crippen LogP contribution is -2.39. The number of hydrogen-bond donors (Lipinski definition) is 2. The van der Waals surface area contributed by atoms with Crippen molar-refractivity contribution in [1.29, 1.82) is 0 Å². The maximum absolute atomic E-state index is 5.65. The molecule has 0 saturated heterocycles. The van der Waals surface area contributed by atoms with E-state index in [-0.39, 0.29) is 24.0 Å². The van der Waals surface area contributed by atoms with Gasteiger partial charge in [0.1, 0.15) is 0 Å². The van der Waals surface area contributed by atoms with E-state index in [2.05, 4.69) is 65.8 Å². The molecule has 6 nitrogen and oxygen atoms in total. The van der Waals surface area contributed by atoms with E-state index in [1.54, 1.807) is 6.20 Å². The molecule has 0 bridgehead atoms. The number of ether oxygens (including phenoxy) is 1. The number of aromatic nitrogens is 2. The Hall–Kier alpha value is -1.61. The van der Waals surface area contributed by atoms with Gasteiger partial charge in [-0.15, -0.1) is 24.0 Å². The summed E-state index contributed by atoms with van der Waals surface area (Å²) in [5, 5.41) is 10.9. The number of aliphatic imine (C=N–C) groups is 1. The summed E-state index contributed by atoms with van der Waals surface area (Å²) in [6.45, 7) is 11.0. The lowest BCUT2D eigenvalue weighted by molar-refractivity contribution is 0.128. The largest absolute Gasteiger partial charge is 0.380 e. The zero-order chi connectivity index (χ0) is 19.3.